The molecule has 0 aliphatic carbocycles. The van der Waals surface area contributed by atoms with Gasteiger partial charge in [-0.1, -0.05) is 29.8 Å². The first-order valence-electron chi connectivity index (χ1n) is 5.80. The number of esters is 1. The van der Waals surface area contributed by atoms with E-state index in [0.717, 1.165) is 4.47 Å². The second-order valence-corrected chi connectivity index (χ2v) is 5.25. The summed E-state index contributed by atoms with van der Waals surface area (Å²) >= 11 is 3.29. The minimum Gasteiger partial charge on any atom is -0.460 e. The number of hydrogen-bond acceptors (Lipinski definition) is 4. The third-order valence-electron chi connectivity index (χ3n) is 2.15. The molecule has 0 saturated heterocycles. The molecule has 0 spiro atoms. The summed E-state index contributed by atoms with van der Waals surface area (Å²) in [7, 11) is 0. The molecule has 0 unspecified atom stereocenters. The van der Waals surface area contributed by atoms with Crippen LogP contribution in [0.1, 0.15) is 24.2 Å². The molecular weight excluding hydrogens is 298 g/mol. The fraction of sp³-hybridized carbons (Fsp3) is 0.462. The Morgan fingerprint density at radius 3 is 2.78 bits per heavy atom. The van der Waals surface area contributed by atoms with Crippen LogP contribution in [0.4, 0.5) is 5.69 Å². The summed E-state index contributed by atoms with van der Waals surface area (Å²) in [5.74, 6) is 0.0448. The lowest BCUT2D eigenvalue weighted by atomic mass is 10.2. The number of benzene rings is 1. The van der Waals surface area contributed by atoms with Crippen molar-refractivity contribution in [1.82, 2.24) is 0 Å². The normalized spacial score (nSPS) is 10.7. The molecule has 0 aliphatic rings. The highest BCUT2D eigenvalue weighted by atomic mass is 79.9. The predicted octanol–water partition coefficient (Wildman–Crippen LogP) is 2.86. The lowest BCUT2D eigenvalue weighted by molar-refractivity contribution is 0.0278. The zero-order chi connectivity index (χ0) is 13.5. The molecule has 0 atom stereocenters. The Kier molecular flexibility index (Phi) is 6.15. The van der Waals surface area contributed by atoms with E-state index in [4.69, 9.17) is 15.2 Å². The van der Waals surface area contributed by atoms with Crippen LogP contribution < -0.4 is 5.73 Å². The average molecular weight is 316 g/mol. The Morgan fingerprint density at radius 2 is 2.11 bits per heavy atom. The summed E-state index contributed by atoms with van der Waals surface area (Å²) in [5.41, 5.74) is 6.48. The van der Waals surface area contributed by atoms with Crippen molar-refractivity contribution in [1.29, 1.82) is 0 Å². The summed E-state index contributed by atoms with van der Waals surface area (Å²) < 4.78 is 11.2. The smallest absolute Gasteiger partial charge is 0.340 e. The van der Waals surface area contributed by atoms with Gasteiger partial charge in [-0.25, -0.2) is 4.79 Å². The number of halogens is 1. The number of nitrogen functional groups attached to an aromatic ring is 1. The molecule has 0 fully saturated rings. The Labute approximate surface area is 116 Å². The van der Waals surface area contributed by atoms with E-state index in [2.05, 4.69) is 29.8 Å². The van der Waals surface area contributed by atoms with Gasteiger partial charge in [0.25, 0.3) is 0 Å². The van der Waals surface area contributed by atoms with Crippen molar-refractivity contribution in [2.45, 2.75) is 13.8 Å². The van der Waals surface area contributed by atoms with Crippen molar-refractivity contribution in [3.63, 3.8) is 0 Å². The largest absolute Gasteiger partial charge is 0.460 e. The number of carbonyl (C=O) groups excluding carboxylic acids is 1. The highest BCUT2D eigenvalue weighted by Gasteiger charge is 2.11. The molecule has 100 valence electrons. The van der Waals surface area contributed by atoms with E-state index in [1.165, 1.54) is 0 Å². The van der Waals surface area contributed by atoms with Gasteiger partial charge in [0.2, 0.25) is 0 Å². The van der Waals surface area contributed by atoms with Gasteiger partial charge in [0.05, 0.1) is 12.2 Å². The lowest BCUT2D eigenvalue weighted by Gasteiger charge is -2.09. The van der Waals surface area contributed by atoms with Crippen molar-refractivity contribution in [3.05, 3.63) is 28.2 Å². The van der Waals surface area contributed by atoms with Crippen LogP contribution in [-0.2, 0) is 9.47 Å². The average Bonchev–Trinajstić information content (AvgIpc) is 2.31. The highest BCUT2D eigenvalue weighted by molar-refractivity contribution is 9.10. The van der Waals surface area contributed by atoms with Crippen molar-refractivity contribution < 1.29 is 14.3 Å². The molecule has 1 aromatic carbocycles. The summed E-state index contributed by atoms with van der Waals surface area (Å²) in [4.78, 5) is 11.7. The third kappa shape index (κ3) is 5.06. The van der Waals surface area contributed by atoms with Gasteiger partial charge in [-0.05, 0) is 24.1 Å². The molecule has 0 aliphatic heterocycles. The maximum Gasteiger partial charge on any atom is 0.340 e. The Balaban J connectivity index is 2.39. The monoisotopic (exact) mass is 315 g/mol. The van der Waals surface area contributed by atoms with Crippen LogP contribution in [0.3, 0.4) is 0 Å². The number of ether oxygens (including phenoxy) is 2. The lowest BCUT2D eigenvalue weighted by Crippen LogP contribution is -2.14. The first kappa shape index (κ1) is 15.0. The zero-order valence-corrected chi connectivity index (χ0v) is 12.2. The van der Waals surface area contributed by atoms with E-state index in [9.17, 15) is 4.79 Å². The highest BCUT2D eigenvalue weighted by Crippen LogP contribution is 2.19. The second kappa shape index (κ2) is 7.38. The number of hydrogen-bond donors (Lipinski definition) is 1. The molecule has 0 radical (unpaired) electrons. The van der Waals surface area contributed by atoms with Crippen molar-refractivity contribution in [2.24, 2.45) is 5.92 Å². The summed E-state index contributed by atoms with van der Waals surface area (Å²) in [6.45, 7) is 5.42. The van der Waals surface area contributed by atoms with E-state index in [1.807, 2.05) is 0 Å². The molecule has 0 aromatic heterocycles. The van der Waals surface area contributed by atoms with E-state index >= 15 is 0 Å². The molecule has 1 aromatic rings. The van der Waals surface area contributed by atoms with E-state index in [1.54, 1.807) is 18.2 Å². The SMILES string of the molecule is CC(C)COCCOC(=O)c1cc(Br)ccc1N. The summed E-state index contributed by atoms with van der Waals surface area (Å²) in [6, 6.07) is 5.08. The van der Waals surface area contributed by atoms with Crippen LogP contribution in [-0.4, -0.2) is 25.8 Å². The van der Waals surface area contributed by atoms with Gasteiger partial charge >= 0.3 is 5.97 Å². The van der Waals surface area contributed by atoms with E-state index < -0.39 is 5.97 Å². The van der Waals surface area contributed by atoms with Crippen LogP contribution in [0, 0.1) is 5.92 Å². The molecule has 0 heterocycles. The molecule has 18 heavy (non-hydrogen) atoms. The third-order valence-corrected chi connectivity index (χ3v) is 2.64. The molecule has 4 nitrogen and oxygen atoms in total. The number of carbonyl (C=O) groups is 1. The predicted molar refractivity (Wildman–Crippen MR) is 74.5 cm³/mol. The number of nitrogens with two attached hydrogens (primary N) is 1. The molecule has 1 rings (SSSR count). The van der Waals surface area contributed by atoms with Crippen molar-refractivity contribution in [3.8, 4) is 0 Å². The molecule has 0 amide bonds. The Morgan fingerprint density at radius 1 is 1.39 bits per heavy atom. The van der Waals surface area contributed by atoms with Gasteiger partial charge < -0.3 is 15.2 Å². The minimum atomic E-state index is -0.429. The topological polar surface area (TPSA) is 61.5 Å². The van der Waals surface area contributed by atoms with Gasteiger partial charge in [-0.3, -0.25) is 0 Å². The van der Waals surface area contributed by atoms with Gasteiger partial charge in [0.15, 0.2) is 0 Å². The van der Waals surface area contributed by atoms with Gasteiger partial charge in [-0.2, -0.15) is 0 Å². The van der Waals surface area contributed by atoms with Crippen LogP contribution in [0.5, 0.6) is 0 Å². The van der Waals surface area contributed by atoms with E-state index in [0.29, 0.717) is 30.4 Å². The maximum atomic E-state index is 11.7. The molecular formula is C13H18BrNO3. The second-order valence-electron chi connectivity index (χ2n) is 4.34. The fourth-order valence-corrected chi connectivity index (χ4v) is 1.66. The zero-order valence-electron chi connectivity index (χ0n) is 10.6. The van der Waals surface area contributed by atoms with Crippen LogP contribution in [0.25, 0.3) is 0 Å². The Hall–Kier alpha value is -1.07. The standard InChI is InChI=1S/C13H18BrNO3/c1-9(2)8-17-5-6-18-13(16)11-7-10(14)3-4-12(11)15/h3-4,7,9H,5-6,8,15H2,1-2H3. The number of rotatable bonds is 6. The number of anilines is 1. The van der Waals surface area contributed by atoms with Gasteiger partial charge in [0.1, 0.15) is 6.61 Å². The Bertz CT molecular complexity index is 407. The summed E-state index contributed by atoms with van der Waals surface area (Å²) in [5, 5.41) is 0. The first-order valence-corrected chi connectivity index (χ1v) is 6.60. The van der Waals surface area contributed by atoms with Crippen molar-refractivity contribution >= 4 is 27.6 Å². The van der Waals surface area contributed by atoms with Crippen LogP contribution in [0.15, 0.2) is 22.7 Å². The molecule has 0 bridgehead atoms. The maximum absolute atomic E-state index is 11.7. The molecule has 0 saturated carbocycles. The van der Waals surface area contributed by atoms with Crippen LogP contribution >= 0.6 is 15.9 Å². The van der Waals surface area contributed by atoms with Crippen molar-refractivity contribution in [2.75, 3.05) is 25.6 Å². The van der Waals surface area contributed by atoms with Crippen LogP contribution in [0.2, 0.25) is 0 Å². The van der Waals surface area contributed by atoms with Gasteiger partial charge in [0, 0.05) is 16.8 Å². The first-order chi connectivity index (χ1) is 8.50. The molecule has 2 N–H and O–H groups in total. The molecule has 5 heteroatoms. The van der Waals surface area contributed by atoms with Gasteiger partial charge in [-0.15, -0.1) is 0 Å². The summed E-state index contributed by atoms with van der Waals surface area (Å²) in [6.07, 6.45) is 0. The van der Waals surface area contributed by atoms with E-state index in [-0.39, 0.29) is 6.61 Å². The minimum absolute atomic E-state index is 0.234. The quantitative estimate of drug-likeness (QED) is 0.498. The fourth-order valence-electron chi connectivity index (χ4n) is 1.30.